The fourth-order valence-corrected chi connectivity index (χ4v) is 1.62. The zero-order valence-corrected chi connectivity index (χ0v) is 11.9. The topological polar surface area (TPSA) is 114 Å². The molecule has 2 aromatic rings. The summed E-state index contributed by atoms with van der Waals surface area (Å²) in [5, 5.41) is 23.7. The number of nitro benzene ring substituents is 1. The molecule has 0 aliphatic rings. The number of amides is 1. The number of phenolic OH excluding ortho intramolecular Hbond substituents is 1. The third kappa shape index (κ3) is 4.81. The minimum Gasteiger partial charge on any atom is -0.507 e. The molecule has 118 valence electrons. The highest BCUT2D eigenvalue weighted by atomic mass is 16.6. The largest absolute Gasteiger partial charge is 0.507 e. The molecule has 0 radical (unpaired) electrons. The van der Waals surface area contributed by atoms with E-state index in [1.807, 2.05) is 0 Å². The second-order valence-electron chi connectivity index (χ2n) is 4.39. The summed E-state index contributed by atoms with van der Waals surface area (Å²) in [6.07, 6.45) is 1.30. The molecule has 0 bridgehead atoms. The number of para-hydroxylation sites is 1. The van der Waals surface area contributed by atoms with Crippen molar-refractivity contribution in [2.45, 2.75) is 0 Å². The second kappa shape index (κ2) is 7.55. The average molecular weight is 315 g/mol. The van der Waals surface area contributed by atoms with Crippen molar-refractivity contribution in [3.63, 3.8) is 0 Å². The molecular formula is C15H13N3O5. The molecule has 0 atom stereocenters. The maximum absolute atomic E-state index is 11.5. The van der Waals surface area contributed by atoms with Crippen molar-refractivity contribution in [3.05, 3.63) is 64.2 Å². The van der Waals surface area contributed by atoms with Crippen molar-refractivity contribution in [1.29, 1.82) is 0 Å². The Morgan fingerprint density at radius 2 is 1.96 bits per heavy atom. The van der Waals surface area contributed by atoms with E-state index in [-0.39, 0.29) is 18.0 Å². The fraction of sp³-hybridized carbons (Fsp3) is 0.0667. The summed E-state index contributed by atoms with van der Waals surface area (Å²) in [6.45, 7) is -0.296. The van der Waals surface area contributed by atoms with E-state index in [1.54, 1.807) is 18.2 Å². The minimum absolute atomic E-state index is 0.0487. The normalized spacial score (nSPS) is 10.4. The number of hydrazone groups is 1. The number of non-ortho nitro benzene ring substituents is 1. The van der Waals surface area contributed by atoms with E-state index >= 15 is 0 Å². The highest BCUT2D eigenvalue weighted by molar-refractivity contribution is 5.85. The van der Waals surface area contributed by atoms with Gasteiger partial charge in [0.1, 0.15) is 11.5 Å². The lowest BCUT2D eigenvalue weighted by Gasteiger charge is -2.04. The lowest BCUT2D eigenvalue weighted by Crippen LogP contribution is -2.24. The molecule has 0 aliphatic heterocycles. The Balaban J connectivity index is 1.81. The van der Waals surface area contributed by atoms with Crippen LogP contribution in [-0.2, 0) is 4.79 Å². The van der Waals surface area contributed by atoms with Gasteiger partial charge < -0.3 is 9.84 Å². The van der Waals surface area contributed by atoms with E-state index in [4.69, 9.17) is 4.74 Å². The molecule has 0 fully saturated rings. The predicted octanol–water partition coefficient (Wildman–Crippen LogP) is 1.83. The molecule has 0 saturated carbocycles. The molecule has 0 unspecified atom stereocenters. The number of carbonyl (C=O) groups is 1. The molecule has 2 rings (SSSR count). The second-order valence-corrected chi connectivity index (χ2v) is 4.39. The van der Waals surface area contributed by atoms with E-state index in [9.17, 15) is 20.0 Å². The van der Waals surface area contributed by atoms with Crippen LogP contribution in [0.4, 0.5) is 5.69 Å². The SMILES string of the molecule is O=C(COc1ccc([N+](=O)[O-])cc1)N/N=C\c1ccccc1O. The number of ether oxygens (including phenoxy) is 1. The maximum Gasteiger partial charge on any atom is 0.277 e. The first-order chi connectivity index (χ1) is 11.1. The number of rotatable bonds is 6. The Hall–Kier alpha value is -3.42. The Bertz CT molecular complexity index is 728. The number of carbonyl (C=O) groups excluding carboxylic acids is 1. The molecule has 0 spiro atoms. The molecule has 0 aliphatic carbocycles. The highest BCUT2D eigenvalue weighted by Gasteiger charge is 2.06. The van der Waals surface area contributed by atoms with E-state index in [0.29, 0.717) is 11.3 Å². The van der Waals surface area contributed by atoms with Gasteiger partial charge in [0.2, 0.25) is 0 Å². The number of phenols is 1. The third-order valence-corrected chi connectivity index (χ3v) is 2.75. The van der Waals surface area contributed by atoms with Crippen LogP contribution in [0, 0.1) is 10.1 Å². The van der Waals surface area contributed by atoms with Gasteiger partial charge in [0.25, 0.3) is 11.6 Å². The van der Waals surface area contributed by atoms with Crippen molar-refractivity contribution in [2.75, 3.05) is 6.61 Å². The van der Waals surface area contributed by atoms with Gasteiger partial charge >= 0.3 is 0 Å². The minimum atomic E-state index is -0.524. The number of aromatic hydroxyl groups is 1. The van der Waals surface area contributed by atoms with Gasteiger partial charge in [-0.3, -0.25) is 14.9 Å². The number of benzene rings is 2. The van der Waals surface area contributed by atoms with Gasteiger partial charge in [0.05, 0.1) is 11.1 Å². The van der Waals surface area contributed by atoms with Crippen molar-refractivity contribution in [1.82, 2.24) is 5.43 Å². The van der Waals surface area contributed by atoms with E-state index in [1.165, 1.54) is 36.5 Å². The van der Waals surface area contributed by atoms with Crippen LogP contribution in [0.3, 0.4) is 0 Å². The summed E-state index contributed by atoms with van der Waals surface area (Å²) < 4.78 is 5.17. The Kier molecular flexibility index (Phi) is 5.24. The van der Waals surface area contributed by atoms with Crippen molar-refractivity contribution >= 4 is 17.8 Å². The van der Waals surface area contributed by atoms with Crippen LogP contribution in [0.25, 0.3) is 0 Å². The molecule has 0 saturated heterocycles. The van der Waals surface area contributed by atoms with Crippen LogP contribution in [-0.4, -0.2) is 28.8 Å². The number of nitro groups is 1. The van der Waals surface area contributed by atoms with Crippen molar-refractivity contribution in [2.24, 2.45) is 5.10 Å². The first-order valence-electron chi connectivity index (χ1n) is 6.53. The van der Waals surface area contributed by atoms with E-state index < -0.39 is 10.8 Å². The lowest BCUT2D eigenvalue weighted by molar-refractivity contribution is -0.384. The van der Waals surface area contributed by atoms with Crippen LogP contribution in [0.2, 0.25) is 0 Å². The molecule has 0 heterocycles. The monoisotopic (exact) mass is 315 g/mol. The molecule has 2 aromatic carbocycles. The highest BCUT2D eigenvalue weighted by Crippen LogP contribution is 2.17. The molecule has 23 heavy (non-hydrogen) atoms. The third-order valence-electron chi connectivity index (χ3n) is 2.75. The molecule has 8 nitrogen and oxygen atoms in total. The maximum atomic E-state index is 11.5. The van der Waals surface area contributed by atoms with Crippen LogP contribution >= 0.6 is 0 Å². The van der Waals surface area contributed by atoms with Crippen molar-refractivity contribution in [3.8, 4) is 11.5 Å². The average Bonchev–Trinajstić information content (AvgIpc) is 2.55. The summed E-state index contributed by atoms with van der Waals surface area (Å²) in [6, 6.07) is 11.9. The van der Waals surface area contributed by atoms with Crippen LogP contribution < -0.4 is 10.2 Å². The van der Waals surface area contributed by atoms with Gasteiger partial charge in [-0.25, -0.2) is 5.43 Å². The summed E-state index contributed by atoms with van der Waals surface area (Å²) in [5.74, 6) is -0.127. The lowest BCUT2D eigenvalue weighted by atomic mass is 10.2. The summed E-state index contributed by atoms with van der Waals surface area (Å²) in [7, 11) is 0. The van der Waals surface area contributed by atoms with E-state index in [0.717, 1.165) is 0 Å². The zero-order chi connectivity index (χ0) is 16.7. The van der Waals surface area contributed by atoms with Gasteiger partial charge in [-0.2, -0.15) is 5.10 Å². The molecular weight excluding hydrogens is 302 g/mol. The summed E-state index contributed by atoms with van der Waals surface area (Å²) in [5.41, 5.74) is 2.65. The molecule has 8 heteroatoms. The zero-order valence-electron chi connectivity index (χ0n) is 11.9. The predicted molar refractivity (Wildman–Crippen MR) is 82.4 cm³/mol. The number of nitrogens with zero attached hydrogens (tertiary/aromatic N) is 2. The number of nitrogens with one attached hydrogen (secondary N) is 1. The smallest absolute Gasteiger partial charge is 0.277 e. The first-order valence-corrected chi connectivity index (χ1v) is 6.53. The fourth-order valence-electron chi connectivity index (χ4n) is 1.62. The van der Waals surface area contributed by atoms with Gasteiger partial charge in [-0.15, -0.1) is 0 Å². The Labute approximate surface area is 131 Å². The summed E-state index contributed by atoms with van der Waals surface area (Å²) >= 11 is 0. The van der Waals surface area contributed by atoms with Crippen LogP contribution in [0.15, 0.2) is 53.6 Å². The first kappa shape index (κ1) is 16.0. The van der Waals surface area contributed by atoms with Gasteiger partial charge in [0, 0.05) is 17.7 Å². The van der Waals surface area contributed by atoms with E-state index in [2.05, 4.69) is 10.5 Å². The van der Waals surface area contributed by atoms with Gasteiger partial charge in [-0.05, 0) is 24.3 Å². The van der Waals surface area contributed by atoms with Crippen LogP contribution in [0.1, 0.15) is 5.56 Å². The number of hydrogen-bond acceptors (Lipinski definition) is 6. The van der Waals surface area contributed by atoms with Crippen molar-refractivity contribution < 1.29 is 19.6 Å². The standard InChI is InChI=1S/C15H13N3O5/c19-14-4-2-1-3-11(14)9-16-17-15(20)10-23-13-7-5-12(6-8-13)18(21)22/h1-9,19H,10H2,(H,17,20)/b16-9-. The summed E-state index contributed by atoms with van der Waals surface area (Å²) in [4.78, 5) is 21.5. The molecule has 2 N–H and O–H groups in total. The Morgan fingerprint density at radius 1 is 1.26 bits per heavy atom. The Morgan fingerprint density at radius 3 is 2.61 bits per heavy atom. The quantitative estimate of drug-likeness (QED) is 0.479. The van der Waals surface area contributed by atoms with Gasteiger partial charge in [-0.1, -0.05) is 12.1 Å². The van der Waals surface area contributed by atoms with Crippen LogP contribution in [0.5, 0.6) is 11.5 Å². The van der Waals surface area contributed by atoms with Gasteiger partial charge in [0.15, 0.2) is 6.61 Å². The molecule has 0 aromatic heterocycles. The number of hydrogen-bond donors (Lipinski definition) is 2. The molecule has 1 amide bonds.